The molecule has 4 aromatic heterocycles. The van der Waals surface area contributed by atoms with Crippen LogP contribution >= 0.6 is 0 Å². The Bertz CT molecular complexity index is 2730. The van der Waals surface area contributed by atoms with E-state index < -0.39 is 0 Å². The zero-order chi connectivity index (χ0) is 43.7. The van der Waals surface area contributed by atoms with Crippen molar-refractivity contribution in [3.63, 3.8) is 0 Å². The van der Waals surface area contributed by atoms with Crippen molar-refractivity contribution in [3.8, 4) is 23.8 Å². The van der Waals surface area contributed by atoms with Crippen LogP contribution in [0.25, 0.3) is 65.2 Å². The zero-order valence-electron chi connectivity index (χ0n) is 36.5. The molecule has 0 spiro atoms. The van der Waals surface area contributed by atoms with Crippen molar-refractivity contribution in [1.29, 1.82) is 5.53 Å². The van der Waals surface area contributed by atoms with Crippen molar-refractivity contribution in [2.24, 2.45) is 5.11 Å². The summed E-state index contributed by atoms with van der Waals surface area (Å²) in [4.78, 5) is 18.0. The maximum Gasteiger partial charge on any atom is 0.120 e. The minimum atomic E-state index is -0.322. The van der Waals surface area contributed by atoms with Gasteiger partial charge in [0.25, 0.3) is 0 Å². The van der Waals surface area contributed by atoms with E-state index in [0.29, 0.717) is 79.2 Å². The number of aromatic amines is 2. The predicted molar refractivity (Wildman–Crippen MR) is 250 cm³/mol. The Hall–Kier alpha value is -6.14. The number of rotatable bonds is 23. The van der Waals surface area contributed by atoms with E-state index >= 15 is 0 Å². The Kier molecular flexibility index (Phi) is 14.1. The summed E-state index contributed by atoms with van der Waals surface area (Å²) in [6, 6.07) is 16.1. The molecule has 13 nitrogen and oxygen atoms in total. The molecule has 0 radical (unpaired) electrons. The van der Waals surface area contributed by atoms with Gasteiger partial charge in [-0.25, -0.2) is 5.53 Å². The number of hydrogen-bond donors (Lipinski definition) is 3. The Labute approximate surface area is 366 Å². The third-order valence-corrected chi connectivity index (χ3v) is 12.0. The fourth-order valence-corrected chi connectivity index (χ4v) is 8.67. The number of H-pyrrole nitrogens is 2. The molecule has 8 rings (SSSR count). The van der Waals surface area contributed by atoms with E-state index in [9.17, 15) is 0 Å². The average molecular weight is 850 g/mol. The number of benzene rings is 4. The van der Waals surface area contributed by atoms with Crippen molar-refractivity contribution < 1.29 is 28.4 Å². The number of nitrogens with one attached hydrogen (secondary N) is 3. The first kappa shape index (κ1) is 43.5. The second kappa shape index (κ2) is 20.4. The van der Waals surface area contributed by atoms with Crippen LogP contribution in [-0.4, -0.2) is 117 Å². The molecule has 0 aliphatic heterocycles. The molecule has 0 amide bonds. The van der Waals surface area contributed by atoms with Crippen molar-refractivity contribution in [2.45, 2.75) is 33.7 Å². The van der Waals surface area contributed by atoms with Crippen LogP contribution < -0.4 is 9.47 Å². The lowest BCUT2D eigenvalue weighted by molar-refractivity contribution is 0.0139. The summed E-state index contributed by atoms with van der Waals surface area (Å²) in [6.45, 7) is 14.3. The van der Waals surface area contributed by atoms with E-state index in [4.69, 9.17) is 40.4 Å². The molecule has 0 fully saturated rings. The number of hydrogen-bond acceptors (Lipinski definition) is 11. The lowest BCUT2D eigenvalue weighted by Crippen LogP contribution is -2.41. The number of fused-ring (bicyclic) bond motifs is 8. The highest BCUT2D eigenvalue weighted by atomic mass is 16.5. The van der Waals surface area contributed by atoms with Gasteiger partial charge in [-0.05, 0) is 109 Å². The smallest absolute Gasteiger partial charge is 0.120 e. The first-order chi connectivity index (χ1) is 30.9. The third-order valence-electron chi connectivity index (χ3n) is 12.0. The summed E-state index contributed by atoms with van der Waals surface area (Å²) < 4.78 is 35.5. The first-order valence-electron chi connectivity index (χ1n) is 21.5. The van der Waals surface area contributed by atoms with Crippen LogP contribution in [0.5, 0.6) is 11.5 Å². The van der Waals surface area contributed by atoms with Gasteiger partial charge in [0.1, 0.15) is 24.7 Å². The highest BCUT2D eigenvalue weighted by Crippen LogP contribution is 2.39. The quantitative estimate of drug-likeness (QED) is 0.0325. The minimum Gasteiger partial charge on any atom is -0.491 e. The maximum absolute atomic E-state index is 7.37. The SMILES string of the molecule is C#CC(CN=N)N(CCOCCOCCOc1ccc2[nH]c3c(C)c4ccncc4c(C)c3c2c1)CCOCCOCCOc1ccc2[nH]c3c(C)c4ccncc4c(C)c3c2c1. The molecule has 0 saturated heterocycles. The van der Waals surface area contributed by atoms with Gasteiger partial charge in [0, 0.05) is 81.2 Å². The van der Waals surface area contributed by atoms with Gasteiger partial charge in [-0.1, -0.05) is 5.92 Å². The number of nitrogens with zero attached hydrogens (tertiary/aromatic N) is 4. The number of pyridine rings is 2. The molecule has 4 heterocycles. The molecule has 3 N–H and O–H groups in total. The van der Waals surface area contributed by atoms with Crippen molar-refractivity contribution in [2.75, 3.05) is 85.7 Å². The molecule has 0 bridgehead atoms. The van der Waals surface area contributed by atoms with Gasteiger partial charge in [0.2, 0.25) is 0 Å². The lowest BCUT2D eigenvalue weighted by Gasteiger charge is -2.26. The molecule has 0 aliphatic carbocycles. The predicted octanol–water partition coefficient (Wildman–Crippen LogP) is 9.14. The third kappa shape index (κ3) is 9.46. The van der Waals surface area contributed by atoms with Crippen LogP contribution in [0.15, 0.2) is 78.4 Å². The van der Waals surface area contributed by atoms with Crippen LogP contribution in [-0.2, 0) is 18.9 Å². The van der Waals surface area contributed by atoms with Gasteiger partial charge < -0.3 is 38.4 Å². The molecule has 0 saturated carbocycles. The van der Waals surface area contributed by atoms with E-state index in [-0.39, 0.29) is 12.6 Å². The Morgan fingerprint density at radius 3 is 1.48 bits per heavy atom. The van der Waals surface area contributed by atoms with E-state index in [1.165, 1.54) is 43.8 Å². The monoisotopic (exact) mass is 849 g/mol. The van der Waals surface area contributed by atoms with E-state index in [2.05, 4.69) is 100.0 Å². The van der Waals surface area contributed by atoms with Gasteiger partial charge in [-0.2, -0.15) is 5.11 Å². The van der Waals surface area contributed by atoms with Gasteiger partial charge in [0.05, 0.1) is 76.5 Å². The minimum absolute atomic E-state index is 0.213. The molecule has 63 heavy (non-hydrogen) atoms. The summed E-state index contributed by atoms with van der Waals surface area (Å²) in [5, 5.41) is 13.0. The fourth-order valence-electron chi connectivity index (χ4n) is 8.67. The molecular weight excluding hydrogens is 795 g/mol. The normalized spacial score (nSPS) is 12.4. The molecule has 8 aromatic rings. The van der Waals surface area contributed by atoms with Gasteiger partial charge in [0.15, 0.2) is 0 Å². The summed E-state index contributed by atoms with van der Waals surface area (Å²) >= 11 is 0. The molecule has 13 heteroatoms. The molecule has 326 valence electrons. The Morgan fingerprint density at radius 2 is 1.03 bits per heavy atom. The number of terminal acetylenes is 1. The summed E-state index contributed by atoms with van der Waals surface area (Å²) in [5.74, 6) is 4.35. The molecule has 0 aliphatic rings. The molecule has 1 unspecified atom stereocenters. The molecule has 4 aromatic carbocycles. The van der Waals surface area contributed by atoms with Gasteiger partial charge in [-0.3, -0.25) is 14.9 Å². The lowest BCUT2D eigenvalue weighted by atomic mass is 9.97. The van der Waals surface area contributed by atoms with E-state index in [1.807, 2.05) is 36.9 Å². The van der Waals surface area contributed by atoms with E-state index in [0.717, 1.165) is 55.1 Å². The standard InChI is InChI=1S/C50H55N7O6/c1-6-36(29-54-51)57(15-17-58-19-21-60-23-25-62-37-7-9-45-41(27-37)47-32(2)43-30-52-13-11-39(43)34(4)49(47)55-45)16-18-59-20-22-61-24-26-63-38-8-10-46-42(28-38)48-33(3)44-31-53-14-12-40(44)35(5)50(48)56-46/h1,7-14,27-28,30-31,36,51,55-56H,15-26,29H2,2-5H3. The highest BCUT2D eigenvalue weighted by Gasteiger charge is 2.18. The zero-order valence-corrected chi connectivity index (χ0v) is 36.5. The number of ether oxygens (including phenoxy) is 6. The summed E-state index contributed by atoms with van der Waals surface area (Å²) in [5.41, 5.74) is 16.7. The van der Waals surface area contributed by atoms with Crippen molar-refractivity contribution in [3.05, 3.63) is 95.6 Å². The topological polar surface area (TPSA) is 152 Å². The maximum atomic E-state index is 7.37. The molecule has 1 atom stereocenters. The summed E-state index contributed by atoms with van der Waals surface area (Å²) in [7, 11) is 0. The van der Waals surface area contributed by atoms with Crippen LogP contribution in [0.3, 0.4) is 0 Å². The first-order valence-corrected chi connectivity index (χ1v) is 21.5. The number of aryl methyl sites for hydroxylation is 4. The van der Waals surface area contributed by atoms with E-state index in [1.54, 1.807) is 0 Å². The highest BCUT2D eigenvalue weighted by molar-refractivity contribution is 6.17. The van der Waals surface area contributed by atoms with Gasteiger partial charge >= 0.3 is 0 Å². The second-order valence-electron chi connectivity index (χ2n) is 15.7. The Morgan fingerprint density at radius 1 is 0.587 bits per heavy atom. The molecular formula is C50H55N7O6. The Balaban J connectivity index is 0.707. The van der Waals surface area contributed by atoms with Crippen molar-refractivity contribution in [1.82, 2.24) is 24.8 Å². The summed E-state index contributed by atoms with van der Waals surface area (Å²) in [6.07, 6.45) is 13.4. The van der Waals surface area contributed by atoms with Crippen LogP contribution in [0.2, 0.25) is 0 Å². The van der Waals surface area contributed by atoms with Crippen LogP contribution in [0, 0.1) is 45.6 Å². The largest absolute Gasteiger partial charge is 0.491 e. The van der Waals surface area contributed by atoms with Crippen LogP contribution in [0.1, 0.15) is 22.3 Å². The van der Waals surface area contributed by atoms with Crippen molar-refractivity contribution >= 4 is 65.2 Å². The average Bonchev–Trinajstić information content (AvgIpc) is 3.89. The second-order valence-corrected chi connectivity index (χ2v) is 15.7. The number of aromatic nitrogens is 4. The fraction of sp³-hybridized carbons (Fsp3) is 0.360. The van der Waals surface area contributed by atoms with Gasteiger partial charge in [-0.15, -0.1) is 6.42 Å². The van der Waals surface area contributed by atoms with Crippen LogP contribution in [0.4, 0.5) is 0 Å².